The highest BCUT2D eigenvalue weighted by molar-refractivity contribution is 5.77. The number of carbonyl (C=O) groups is 1. The van der Waals surface area contributed by atoms with Crippen molar-refractivity contribution < 1.29 is 14.6 Å². The van der Waals surface area contributed by atoms with Crippen LogP contribution in [0.5, 0.6) is 5.75 Å². The molecule has 3 aromatic rings. The third-order valence-electron chi connectivity index (χ3n) is 5.50. The molecule has 0 amide bonds. The molecular formula is C25H30N2O3. The van der Waals surface area contributed by atoms with Crippen LogP contribution in [0.25, 0.3) is 0 Å². The van der Waals surface area contributed by atoms with Crippen LogP contribution in [0, 0.1) is 0 Å². The lowest BCUT2D eigenvalue weighted by molar-refractivity contribution is -0.148. The highest BCUT2D eigenvalue weighted by Crippen LogP contribution is 2.29. The highest BCUT2D eigenvalue weighted by Gasteiger charge is 2.39. The average molecular weight is 407 g/mol. The van der Waals surface area contributed by atoms with E-state index in [1.54, 1.807) is 0 Å². The predicted molar refractivity (Wildman–Crippen MR) is 118 cm³/mol. The summed E-state index contributed by atoms with van der Waals surface area (Å²) < 4.78 is 7.68. The Morgan fingerprint density at radius 1 is 1.07 bits per heavy atom. The molecule has 1 unspecified atom stereocenters. The number of carboxylic acids is 1. The van der Waals surface area contributed by atoms with Gasteiger partial charge in [-0.3, -0.25) is 4.98 Å². The van der Waals surface area contributed by atoms with Gasteiger partial charge in [0, 0.05) is 37.1 Å². The van der Waals surface area contributed by atoms with Gasteiger partial charge in [-0.15, -0.1) is 0 Å². The number of rotatable bonds is 11. The molecule has 0 saturated carbocycles. The number of hydrogen-bond acceptors (Lipinski definition) is 3. The van der Waals surface area contributed by atoms with Crippen molar-refractivity contribution in [1.29, 1.82) is 0 Å². The zero-order valence-electron chi connectivity index (χ0n) is 17.8. The molecule has 1 N–H and O–H groups in total. The van der Waals surface area contributed by atoms with Crippen LogP contribution in [-0.2, 0) is 29.6 Å². The molecule has 0 radical (unpaired) electrons. The van der Waals surface area contributed by atoms with E-state index < -0.39 is 11.5 Å². The molecule has 2 aromatic heterocycles. The van der Waals surface area contributed by atoms with E-state index in [1.165, 1.54) is 5.56 Å². The van der Waals surface area contributed by atoms with Crippen LogP contribution in [0.4, 0.5) is 0 Å². The lowest BCUT2D eigenvalue weighted by Crippen LogP contribution is -2.43. The largest absolute Gasteiger partial charge is 0.493 e. The number of aliphatic carboxylic acids is 1. The number of carboxylic acid groups (broad SMARTS) is 1. The fourth-order valence-electron chi connectivity index (χ4n) is 3.76. The van der Waals surface area contributed by atoms with Gasteiger partial charge in [-0.25, -0.2) is 4.79 Å². The molecule has 3 rings (SSSR count). The van der Waals surface area contributed by atoms with E-state index in [1.807, 2.05) is 72.5 Å². The molecule has 5 nitrogen and oxygen atoms in total. The molecule has 0 spiro atoms. The van der Waals surface area contributed by atoms with Crippen LogP contribution in [-0.4, -0.2) is 27.2 Å². The Bertz CT molecular complexity index is 918. The Balaban J connectivity index is 1.63. The molecule has 0 aliphatic heterocycles. The standard InChI is InChI=1S/C25H30N2O3/c1-3-14-25(24(28)29,27-15-5-6-16-27)18-21-8-11-23(12-9-21)30-17-13-22-10-7-20(4-2)19-26-22/h5-12,15-16,19H,3-4,13-14,17-18H2,1-2H3,(H,28,29). The normalized spacial score (nSPS) is 13.0. The minimum atomic E-state index is -0.975. The van der Waals surface area contributed by atoms with Crippen molar-refractivity contribution in [2.24, 2.45) is 0 Å². The Labute approximate surface area is 178 Å². The molecule has 5 heteroatoms. The summed E-state index contributed by atoms with van der Waals surface area (Å²) in [4.78, 5) is 16.7. The molecule has 1 aromatic carbocycles. The molecule has 30 heavy (non-hydrogen) atoms. The van der Waals surface area contributed by atoms with Crippen molar-refractivity contribution in [3.63, 3.8) is 0 Å². The van der Waals surface area contributed by atoms with Crippen molar-refractivity contribution in [1.82, 2.24) is 9.55 Å². The zero-order chi connectivity index (χ0) is 21.4. The summed E-state index contributed by atoms with van der Waals surface area (Å²) in [6.07, 6.45) is 9.11. The van der Waals surface area contributed by atoms with Crippen LogP contribution in [0.15, 0.2) is 67.1 Å². The van der Waals surface area contributed by atoms with Crippen molar-refractivity contribution in [2.45, 2.75) is 51.5 Å². The average Bonchev–Trinajstić information content (AvgIpc) is 3.30. The Morgan fingerprint density at radius 2 is 1.77 bits per heavy atom. The molecule has 0 aliphatic rings. The van der Waals surface area contributed by atoms with Crippen LogP contribution in [0.2, 0.25) is 0 Å². The predicted octanol–water partition coefficient (Wildman–Crippen LogP) is 4.89. The van der Waals surface area contributed by atoms with E-state index in [2.05, 4.69) is 18.0 Å². The second-order valence-corrected chi connectivity index (χ2v) is 7.61. The van der Waals surface area contributed by atoms with Gasteiger partial charge < -0.3 is 14.4 Å². The quantitative estimate of drug-likeness (QED) is 0.492. The molecule has 1 atom stereocenters. The van der Waals surface area contributed by atoms with E-state index in [0.717, 1.165) is 36.3 Å². The number of aryl methyl sites for hydroxylation is 1. The number of ether oxygens (including phenoxy) is 1. The fourth-order valence-corrected chi connectivity index (χ4v) is 3.76. The first-order valence-electron chi connectivity index (χ1n) is 10.6. The van der Waals surface area contributed by atoms with Crippen molar-refractivity contribution in [2.75, 3.05) is 6.61 Å². The third kappa shape index (κ3) is 5.09. The van der Waals surface area contributed by atoms with Gasteiger partial charge in [-0.2, -0.15) is 0 Å². The maximum absolute atomic E-state index is 12.2. The van der Waals surface area contributed by atoms with E-state index in [9.17, 15) is 9.90 Å². The fraction of sp³-hybridized carbons (Fsp3) is 0.360. The van der Waals surface area contributed by atoms with Crippen molar-refractivity contribution in [3.8, 4) is 5.75 Å². The van der Waals surface area contributed by atoms with Crippen LogP contribution < -0.4 is 4.74 Å². The summed E-state index contributed by atoms with van der Waals surface area (Å²) in [7, 11) is 0. The van der Waals surface area contributed by atoms with Gasteiger partial charge in [0.1, 0.15) is 11.3 Å². The smallest absolute Gasteiger partial charge is 0.330 e. The number of hydrogen-bond donors (Lipinski definition) is 1. The summed E-state index contributed by atoms with van der Waals surface area (Å²) in [5.74, 6) is -0.0243. The summed E-state index contributed by atoms with van der Waals surface area (Å²) in [5, 5.41) is 10.0. The topological polar surface area (TPSA) is 64.3 Å². The van der Waals surface area contributed by atoms with Crippen LogP contribution >= 0.6 is 0 Å². The van der Waals surface area contributed by atoms with E-state index in [4.69, 9.17) is 4.74 Å². The summed E-state index contributed by atoms with van der Waals surface area (Å²) in [5.41, 5.74) is 2.25. The van der Waals surface area contributed by atoms with Crippen molar-refractivity contribution >= 4 is 5.97 Å². The number of nitrogens with zero attached hydrogens (tertiary/aromatic N) is 2. The Kier molecular flexibility index (Phi) is 7.28. The van der Waals surface area contributed by atoms with E-state index in [0.29, 0.717) is 19.4 Å². The van der Waals surface area contributed by atoms with E-state index >= 15 is 0 Å². The third-order valence-corrected chi connectivity index (χ3v) is 5.50. The second kappa shape index (κ2) is 10.1. The number of pyridine rings is 1. The maximum atomic E-state index is 12.2. The zero-order valence-corrected chi connectivity index (χ0v) is 17.8. The summed E-state index contributed by atoms with van der Waals surface area (Å²) >= 11 is 0. The van der Waals surface area contributed by atoms with Gasteiger partial charge in [0.25, 0.3) is 0 Å². The molecular weight excluding hydrogens is 376 g/mol. The highest BCUT2D eigenvalue weighted by atomic mass is 16.5. The first kappa shape index (κ1) is 21.6. The lowest BCUT2D eigenvalue weighted by Gasteiger charge is -2.31. The lowest BCUT2D eigenvalue weighted by atomic mass is 9.86. The van der Waals surface area contributed by atoms with E-state index in [-0.39, 0.29) is 0 Å². The number of benzene rings is 1. The molecule has 0 saturated heterocycles. The first-order valence-corrected chi connectivity index (χ1v) is 10.6. The van der Waals surface area contributed by atoms with Gasteiger partial charge >= 0.3 is 5.97 Å². The monoisotopic (exact) mass is 406 g/mol. The molecule has 2 heterocycles. The summed E-state index contributed by atoms with van der Waals surface area (Å²) in [6, 6.07) is 15.6. The Morgan fingerprint density at radius 3 is 2.33 bits per heavy atom. The van der Waals surface area contributed by atoms with Crippen molar-refractivity contribution in [3.05, 3.63) is 83.9 Å². The Hall–Kier alpha value is -3.08. The molecule has 158 valence electrons. The minimum Gasteiger partial charge on any atom is -0.493 e. The van der Waals surface area contributed by atoms with Gasteiger partial charge in [0.05, 0.1) is 6.61 Å². The molecule has 0 aliphatic carbocycles. The van der Waals surface area contributed by atoms with Gasteiger partial charge in [-0.05, 0) is 54.3 Å². The van der Waals surface area contributed by atoms with Gasteiger partial charge in [0.15, 0.2) is 0 Å². The van der Waals surface area contributed by atoms with Gasteiger partial charge in [-0.1, -0.05) is 38.5 Å². The second-order valence-electron chi connectivity index (χ2n) is 7.61. The van der Waals surface area contributed by atoms with Crippen LogP contribution in [0.1, 0.15) is 43.5 Å². The minimum absolute atomic E-state index is 0.429. The first-order chi connectivity index (χ1) is 14.6. The maximum Gasteiger partial charge on any atom is 0.330 e. The summed E-state index contributed by atoms with van der Waals surface area (Å²) in [6.45, 7) is 4.68. The molecule has 0 fully saturated rings. The number of aromatic nitrogens is 2. The molecule has 0 bridgehead atoms. The van der Waals surface area contributed by atoms with Gasteiger partial charge in [0.2, 0.25) is 0 Å². The van der Waals surface area contributed by atoms with Crippen LogP contribution in [0.3, 0.4) is 0 Å². The SMILES string of the molecule is CCCC(Cc1ccc(OCCc2ccc(CC)cn2)cc1)(C(=O)O)n1cccc1.